The van der Waals surface area contributed by atoms with Crippen LogP contribution in [-0.4, -0.2) is 59.7 Å². The molecule has 0 aliphatic carbocycles. The van der Waals surface area contributed by atoms with Crippen LogP contribution < -0.4 is 4.74 Å². The van der Waals surface area contributed by atoms with E-state index in [4.69, 9.17) is 4.74 Å². The lowest BCUT2D eigenvalue weighted by Crippen LogP contribution is -2.48. The van der Waals surface area contributed by atoms with Crippen molar-refractivity contribution in [2.24, 2.45) is 0 Å². The topological polar surface area (TPSA) is 75.9 Å². The number of amides is 1. The van der Waals surface area contributed by atoms with Gasteiger partial charge >= 0.3 is 5.69 Å². The summed E-state index contributed by atoms with van der Waals surface area (Å²) in [5.41, 5.74) is 2.05. The molecule has 1 heterocycles. The highest BCUT2D eigenvalue weighted by molar-refractivity contribution is 7.99. The van der Waals surface area contributed by atoms with Gasteiger partial charge in [0.2, 0.25) is 5.91 Å². The molecule has 1 aliphatic heterocycles. The molecule has 0 saturated carbocycles. The number of carbonyl (C=O) groups is 1. The van der Waals surface area contributed by atoms with Crippen LogP contribution in [0.1, 0.15) is 11.1 Å². The third-order valence-corrected chi connectivity index (χ3v) is 5.90. The molecular weight excluding hydrogens is 390 g/mol. The van der Waals surface area contributed by atoms with Crippen molar-refractivity contribution in [3.63, 3.8) is 0 Å². The quantitative estimate of drug-likeness (QED) is 0.487. The molecule has 1 fully saturated rings. The van der Waals surface area contributed by atoms with Gasteiger partial charge in [0.25, 0.3) is 0 Å². The summed E-state index contributed by atoms with van der Waals surface area (Å²) >= 11 is 1.48. The number of nitrogens with zero attached hydrogens (tertiary/aromatic N) is 3. The number of ether oxygens (including phenoxy) is 1. The van der Waals surface area contributed by atoms with Crippen molar-refractivity contribution in [1.82, 2.24) is 9.80 Å². The Morgan fingerprint density at radius 2 is 1.83 bits per heavy atom. The number of hydrogen-bond acceptors (Lipinski definition) is 6. The van der Waals surface area contributed by atoms with Crippen molar-refractivity contribution in [3.05, 3.63) is 69.8 Å². The minimum Gasteiger partial charge on any atom is -0.490 e. The third kappa shape index (κ3) is 5.95. The van der Waals surface area contributed by atoms with E-state index in [1.807, 2.05) is 23.1 Å². The van der Waals surface area contributed by atoms with Gasteiger partial charge in [-0.05, 0) is 17.2 Å². The first-order valence-electron chi connectivity index (χ1n) is 9.50. The summed E-state index contributed by atoms with van der Waals surface area (Å²) < 4.78 is 5.02. The number of hydrogen-bond donors (Lipinski definition) is 0. The molecule has 0 spiro atoms. The van der Waals surface area contributed by atoms with Crippen LogP contribution in [0.2, 0.25) is 0 Å². The molecule has 7 nitrogen and oxygen atoms in total. The third-order valence-electron chi connectivity index (χ3n) is 4.91. The Morgan fingerprint density at radius 3 is 2.48 bits per heavy atom. The zero-order valence-corrected chi connectivity index (χ0v) is 17.3. The summed E-state index contributed by atoms with van der Waals surface area (Å²) in [5, 5.41) is 11.1. The summed E-state index contributed by atoms with van der Waals surface area (Å²) in [4.78, 5) is 27.4. The van der Waals surface area contributed by atoms with E-state index >= 15 is 0 Å². The molecule has 0 bridgehead atoms. The maximum atomic E-state index is 12.5. The lowest BCUT2D eigenvalue weighted by Gasteiger charge is -2.34. The van der Waals surface area contributed by atoms with Gasteiger partial charge in [-0.1, -0.05) is 36.4 Å². The molecule has 1 saturated heterocycles. The van der Waals surface area contributed by atoms with Crippen LogP contribution in [-0.2, 0) is 17.1 Å². The van der Waals surface area contributed by atoms with Gasteiger partial charge in [0, 0.05) is 44.5 Å². The molecule has 0 atom stereocenters. The Balaban J connectivity index is 1.42. The van der Waals surface area contributed by atoms with Crippen LogP contribution in [0.25, 0.3) is 0 Å². The molecule has 1 amide bonds. The van der Waals surface area contributed by atoms with Crippen molar-refractivity contribution in [2.45, 2.75) is 12.3 Å². The van der Waals surface area contributed by atoms with E-state index < -0.39 is 4.92 Å². The van der Waals surface area contributed by atoms with Crippen molar-refractivity contribution in [2.75, 3.05) is 39.0 Å². The normalized spacial score (nSPS) is 14.6. The van der Waals surface area contributed by atoms with Crippen LogP contribution >= 0.6 is 11.8 Å². The first kappa shape index (κ1) is 21.1. The largest absolute Gasteiger partial charge is 0.490 e. The summed E-state index contributed by atoms with van der Waals surface area (Å²) in [7, 11) is 1.41. The van der Waals surface area contributed by atoms with Gasteiger partial charge in [0.05, 0.1) is 17.8 Å². The Morgan fingerprint density at radius 1 is 1.10 bits per heavy atom. The number of rotatable bonds is 8. The van der Waals surface area contributed by atoms with Crippen LogP contribution in [0, 0.1) is 10.1 Å². The molecule has 0 radical (unpaired) electrons. The van der Waals surface area contributed by atoms with E-state index in [2.05, 4.69) is 17.0 Å². The molecular formula is C21H25N3O4S. The molecule has 2 aromatic rings. The van der Waals surface area contributed by atoms with Gasteiger partial charge in [-0.3, -0.25) is 19.8 Å². The highest BCUT2D eigenvalue weighted by atomic mass is 32.2. The number of methoxy groups -OCH3 is 1. The zero-order valence-electron chi connectivity index (χ0n) is 16.5. The fourth-order valence-electron chi connectivity index (χ4n) is 3.31. The Labute approximate surface area is 174 Å². The standard InChI is InChI=1S/C21H25N3O4S/c1-28-20-8-7-18(13-19(20)24(26)27)15-29-16-21(25)23-11-9-22(10-12-23)14-17-5-3-2-4-6-17/h2-8,13H,9-12,14-16H2,1H3. The van der Waals surface area contributed by atoms with E-state index in [0.29, 0.717) is 11.5 Å². The zero-order chi connectivity index (χ0) is 20.6. The van der Waals surface area contributed by atoms with Gasteiger partial charge in [0.15, 0.2) is 5.75 Å². The van der Waals surface area contributed by atoms with Crippen molar-refractivity contribution < 1.29 is 14.5 Å². The Kier molecular flexibility index (Phi) is 7.48. The van der Waals surface area contributed by atoms with E-state index in [1.165, 1.54) is 30.5 Å². The first-order valence-corrected chi connectivity index (χ1v) is 10.7. The van der Waals surface area contributed by atoms with E-state index in [0.717, 1.165) is 38.3 Å². The molecule has 8 heteroatoms. The Bertz CT molecular complexity index is 839. The van der Waals surface area contributed by atoms with Gasteiger partial charge in [-0.2, -0.15) is 0 Å². The molecule has 1 aliphatic rings. The number of nitro benzene ring substituents is 1. The lowest BCUT2D eigenvalue weighted by molar-refractivity contribution is -0.385. The molecule has 2 aromatic carbocycles. The van der Waals surface area contributed by atoms with Crippen LogP contribution in [0.5, 0.6) is 5.75 Å². The first-order chi connectivity index (χ1) is 14.1. The van der Waals surface area contributed by atoms with Crippen LogP contribution in [0.3, 0.4) is 0 Å². The predicted octanol–water partition coefficient (Wildman–Crippen LogP) is 3.18. The number of nitro groups is 1. The maximum absolute atomic E-state index is 12.5. The maximum Gasteiger partial charge on any atom is 0.311 e. The van der Waals surface area contributed by atoms with Gasteiger partial charge < -0.3 is 9.64 Å². The second-order valence-electron chi connectivity index (χ2n) is 6.90. The van der Waals surface area contributed by atoms with Crippen molar-refractivity contribution >= 4 is 23.4 Å². The SMILES string of the molecule is COc1ccc(CSCC(=O)N2CCN(Cc3ccccc3)CC2)cc1[N+](=O)[O-]. The minimum atomic E-state index is -0.451. The van der Waals surface area contributed by atoms with Crippen molar-refractivity contribution in [3.8, 4) is 5.75 Å². The number of piperazine rings is 1. The lowest BCUT2D eigenvalue weighted by atomic mass is 10.2. The van der Waals surface area contributed by atoms with Crippen molar-refractivity contribution in [1.29, 1.82) is 0 Å². The van der Waals surface area contributed by atoms with E-state index in [-0.39, 0.29) is 17.3 Å². The van der Waals surface area contributed by atoms with E-state index in [9.17, 15) is 14.9 Å². The highest BCUT2D eigenvalue weighted by Gasteiger charge is 2.21. The Hall–Kier alpha value is -2.58. The molecule has 0 N–H and O–H groups in total. The molecule has 154 valence electrons. The average molecular weight is 416 g/mol. The monoisotopic (exact) mass is 415 g/mol. The number of thioether (sulfide) groups is 1. The second kappa shape index (κ2) is 10.3. The molecule has 0 unspecified atom stereocenters. The fraction of sp³-hybridized carbons (Fsp3) is 0.381. The number of carbonyl (C=O) groups excluding carboxylic acids is 1. The average Bonchev–Trinajstić information content (AvgIpc) is 2.74. The second-order valence-corrected chi connectivity index (χ2v) is 7.88. The predicted molar refractivity (Wildman–Crippen MR) is 114 cm³/mol. The molecule has 3 rings (SSSR count). The van der Waals surface area contributed by atoms with Crippen LogP contribution in [0.4, 0.5) is 5.69 Å². The van der Waals surface area contributed by atoms with Gasteiger partial charge in [0.1, 0.15) is 0 Å². The highest BCUT2D eigenvalue weighted by Crippen LogP contribution is 2.29. The van der Waals surface area contributed by atoms with Gasteiger partial charge in [-0.25, -0.2) is 0 Å². The smallest absolute Gasteiger partial charge is 0.311 e. The summed E-state index contributed by atoms with van der Waals surface area (Å²) in [6, 6.07) is 15.3. The summed E-state index contributed by atoms with van der Waals surface area (Å²) in [6.07, 6.45) is 0. The molecule has 29 heavy (non-hydrogen) atoms. The van der Waals surface area contributed by atoms with Gasteiger partial charge in [-0.15, -0.1) is 11.8 Å². The summed E-state index contributed by atoms with van der Waals surface area (Å²) in [6.45, 7) is 4.13. The van der Waals surface area contributed by atoms with E-state index in [1.54, 1.807) is 12.1 Å². The minimum absolute atomic E-state index is 0.0496. The summed E-state index contributed by atoms with van der Waals surface area (Å²) in [5.74, 6) is 1.29. The molecule has 0 aromatic heterocycles. The number of benzene rings is 2. The fourth-order valence-corrected chi connectivity index (χ4v) is 4.19. The van der Waals surface area contributed by atoms with Crippen LogP contribution in [0.15, 0.2) is 48.5 Å².